The highest BCUT2D eigenvalue weighted by Gasteiger charge is 2.08. The lowest BCUT2D eigenvalue weighted by molar-refractivity contribution is 0.204. The smallest absolute Gasteiger partial charge is 0.0891 e. The second-order valence-electron chi connectivity index (χ2n) is 3.70. The second-order valence-corrected chi connectivity index (χ2v) is 5.57. The summed E-state index contributed by atoms with van der Waals surface area (Å²) in [5.41, 5.74) is 2.28. The molecule has 0 amide bonds. The number of thiophene rings is 1. The average molecular weight is 250 g/mol. The molecule has 3 heteroatoms. The van der Waals surface area contributed by atoms with Crippen LogP contribution in [0.3, 0.4) is 0 Å². The van der Waals surface area contributed by atoms with Crippen molar-refractivity contribution in [1.29, 1.82) is 0 Å². The van der Waals surface area contributed by atoms with Crippen LogP contribution in [0.5, 0.6) is 0 Å². The Kier molecular flexibility index (Phi) is 4.04. The van der Waals surface area contributed by atoms with Crippen LogP contribution in [-0.4, -0.2) is 10.9 Å². The maximum absolute atomic E-state index is 9.93. The molecular formula is C13H14OS2. The van der Waals surface area contributed by atoms with Gasteiger partial charge in [-0.3, -0.25) is 0 Å². The summed E-state index contributed by atoms with van der Waals surface area (Å²) < 4.78 is 0. The molecule has 0 fully saturated rings. The van der Waals surface area contributed by atoms with Crippen LogP contribution in [0.15, 0.2) is 46.0 Å². The Morgan fingerprint density at radius 1 is 1.38 bits per heavy atom. The van der Waals surface area contributed by atoms with Gasteiger partial charge in [0.25, 0.3) is 0 Å². The number of benzene rings is 1. The average Bonchev–Trinajstić information content (AvgIpc) is 2.79. The molecule has 16 heavy (non-hydrogen) atoms. The molecule has 1 aromatic carbocycles. The van der Waals surface area contributed by atoms with E-state index in [-0.39, 0.29) is 6.10 Å². The summed E-state index contributed by atoms with van der Waals surface area (Å²) >= 11 is 3.32. The predicted octanol–water partition coefficient (Wildman–Crippen LogP) is 3.88. The fourth-order valence-corrected chi connectivity index (χ4v) is 3.13. The van der Waals surface area contributed by atoms with E-state index in [9.17, 15) is 5.11 Å². The van der Waals surface area contributed by atoms with E-state index in [0.717, 1.165) is 5.56 Å². The zero-order chi connectivity index (χ0) is 11.4. The van der Waals surface area contributed by atoms with E-state index >= 15 is 0 Å². The van der Waals surface area contributed by atoms with E-state index < -0.39 is 0 Å². The summed E-state index contributed by atoms with van der Waals surface area (Å²) in [4.78, 5) is 1.22. The van der Waals surface area contributed by atoms with Gasteiger partial charge in [0.05, 0.1) is 6.10 Å². The fourth-order valence-electron chi connectivity index (χ4n) is 1.44. The largest absolute Gasteiger partial charge is 0.388 e. The number of rotatable bonds is 4. The minimum Gasteiger partial charge on any atom is -0.388 e. The molecule has 2 aromatic rings. The van der Waals surface area contributed by atoms with Gasteiger partial charge in [-0.05, 0) is 41.4 Å². The quantitative estimate of drug-likeness (QED) is 0.831. The van der Waals surface area contributed by atoms with Gasteiger partial charge in [-0.2, -0.15) is 11.3 Å². The van der Waals surface area contributed by atoms with Crippen molar-refractivity contribution < 1.29 is 5.11 Å². The molecule has 0 bridgehead atoms. The van der Waals surface area contributed by atoms with Crippen LogP contribution >= 0.6 is 23.1 Å². The van der Waals surface area contributed by atoms with Gasteiger partial charge >= 0.3 is 0 Å². The molecule has 2 rings (SSSR count). The molecule has 1 N–H and O–H groups in total. The van der Waals surface area contributed by atoms with E-state index in [1.165, 1.54) is 10.5 Å². The SMILES string of the molecule is Cc1cccc(SCC(O)c2ccsc2)c1. The van der Waals surface area contributed by atoms with Crippen LogP contribution in [0.2, 0.25) is 0 Å². The Balaban J connectivity index is 1.92. The molecule has 0 radical (unpaired) electrons. The van der Waals surface area contributed by atoms with Crippen molar-refractivity contribution >= 4 is 23.1 Å². The first-order valence-corrected chi connectivity index (χ1v) is 7.08. The summed E-state index contributed by atoms with van der Waals surface area (Å²) in [5.74, 6) is 0.709. The number of aliphatic hydroxyl groups excluding tert-OH is 1. The first-order chi connectivity index (χ1) is 7.75. The third-order valence-electron chi connectivity index (χ3n) is 2.33. The first kappa shape index (κ1) is 11.7. The molecule has 1 aromatic heterocycles. The Hall–Kier alpha value is -0.770. The molecule has 0 aliphatic heterocycles. The lowest BCUT2D eigenvalue weighted by Gasteiger charge is -2.08. The van der Waals surface area contributed by atoms with Gasteiger partial charge in [-0.1, -0.05) is 17.7 Å². The molecule has 0 aliphatic carbocycles. The van der Waals surface area contributed by atoms with Crippen LogP contribution in [-0.2, 0) is 0 Å². The normalized spacial score (nSPS) is 12.6. The Bertz CT molecular complexity index is 437. The van der Waals surface area contributed by atoms with Crippen LogP contribution < -0.4 is 0 Å². The van der Waals surface area contributed by atoms with Crippen molar-refractivity contribution in [2.75, 3.05) is 5.75 Å². The highest BCUT2D eigenvalue weighted by molar-refractivity contribution is 7.99. The second kappa shape index (κ2) is 5.53. The first-order valence-electron chi connectivity index (χ1n) is 5.15. The molecule has 0 saturated carbocycles. The van der Waals surface area contributed by atoms with Gasteiger partial charge in [-0.15, -0.1) is 11.8 Å². The Morgan fingerprint density at radius 2 is 2.25 bits per heavy atom. The predicted molar refractivity (Wildman–Crippen MR) is 71.2 cm³/mol. The lowest BCUT2D eigenvalue weighted by Crippen LogP contribution is -1.98. The number of hydrogen-bond acceptors (Lipinski definition) is 3. The van der Waals surface area contributed by atoms with Crippen LogP contribution in [0.1, 0.15) is 17.2 Å². The zero-order valence-corrected chi connectivity index (χ0v) is 10.7. The summed E-state index contributed by atoms with van der Waals surface area (Å²) in [6.45, 7) is 2.08. The van der Waals surface area contributed by atoms with E-state index in [0.29, 0.717) is 5.75 Å². The summed E-state index contributed by atoms with van der Waals surface area (Å²) in [6, 6.07) is 10.3. The third kappa shape index (κ3) is 3.11. The van der Waals surface area contributed by atoms with Gasteiger partial charge in [-0.25, -0.2) is 0 Å². The standard InChI is InChI=1S/C13H14OS2/c1-10-3-2-4-12(7-10)16-9-13(14)11-5-6-15-8-11/h2-8,13-14H,9H2,1H3. The Morgan fingerprint density at radius 3 is 2.94 bits per heavy atom. The number of aryl methyl sites for hydroxylation is 1. The third-order valence-corrected chi connectivity index (χ3v) is 4.10. The summed E-state index contributed by atoms with van der Waals surface area (Å²) in [6.07, 6.45) is -0.364. The van der Waals surface area contributed by atoms with Gasteiger partial charge in [0.1, 0.15) is 0 Å². The zero-order valence-electron chi connectivity index (χ0n) is 9.09. The Labute approximate surface area is 104 Å². The molecule has 0 aliphatic rings. The number of thioether (sulfide) groups is 1. The van der Waals surface area contributed by atoms with Crippen molar-refractivity contribution in [1.82, 2.24) is 0 Å². The molecule has 0 saturated heterocycles. The van der Waals surface area contributed by atoms with Gasteiger partial charge < -0.3 is 5.11 Å². The van der Waals surface area contributed by atoms with Gasteiger partial charge in [0, 0.05) is 10.6 Å². The molecule has 1 nitrogen and oxygen atoms in total. The van der Waals surface area contributed by atoms with Crippen LogP contribution in [0.25, 0.3) is 0 Å². The summed E-state index contributed by atoms with van der Waals surface area (Å²) in [7, 11) is 0. The minimum atomic E-state index is -0.364. The van der Waals surface area contributed by atoms with Crippen molar-refractivity contribution in [3.8, 4) is 0 Å². The molecule has 1 atom stereocenters. The number of aliphatic hydroxyl groups is 1. The molecule has 1 unspecified atom stereocenters. The van der Waals surface area contributed by atoms with Crippen molar-refractivity contribution in [3.63, 3.8) is 0 Å². The van der Waals surface area contributed by atoms with Crippen molar-refractivity contribution in [2.45, 2.75) is 17.9 Å². The highest BCUT2D eigenvalue weighted by atomic mass is 32.2. The topological polar surface area (TPSA) is 20.2 Å². The van der Waals surface area contributed by atoms with E-state index in [4.69, 9.17) is 0 Å². The van der Waals surface area contributed by atoms with E-state index in [1.807, 2.05) is 16.8 Å². The van der Waals surface area contributed by atoms with Crippen molar-refractivity contribution in [2.24, 2.45) is 0 Å². The van der Waals surface area contributed by atoms with E-state index in [1.54, 1.807) is 23.1 Å². The monoisotopic (exact) mass is 250 g/mol. The molecular weight excluding hydrogens is 236 g/mol. The van der Waals surface area contributed by atoms with Crippen molar-refractivity contribution in [3.05, 3.63) is 52.2 Å². The molecule has 84 valence electrons. The molecule has 1 heterocycles. The molecule has 0 spiro atoms. The number of hydrogen-bond donors (Lipinski definition) is 1. The summed E-state index contributed by atoms with van der Waals surface area (Å²) in [5, 5.41) is 13.9. The maximum atomic E-state index is 9.93. The highest BCUT2D eigenvalue weighted by Crippen LogP contribution is 2.26. The van der Waals surface area contributed by atoms with E-state index in [2.05, 4.69) is 31.2 Å². The maximum Gasteiger partial charge on any atom is 0.0891 e. The fraction of sp³-hybridized carbons (Fsp3) is 0.231. The van der Waals surface area contributed by atoms with Crippen LogP contribution in [0.4, 0.5) is 0 Å². The van der Waals surface area contributed by atoms with Crippen LogP contribution in [0, 0.1) is 6.92 Å². The van der Waals surface area contributed by atoms with Gasteiger partial charge in [0.15, 0.2) is 0 Å². The minimum absolute atomic E-state index is 0.364. The van der Waals surface area contributed by atoms with Gasteiger partial charge in [0.2, 0.25) is 0 Å². The lowest BCUT2D eigenvalue weighted by atomic mass is 10.2.